The standard InChI is InChI=1S/C14H10ClF3N2O/c15-12-8-19-6-5-11(12)13(21)20-7-9-1-3-10(4-2-9)14(16,17)18/h1-6,8H,7H2,(H,20,21). The minimum absolute atomic E-state index is 0.107. The van der Waals surface area contributed by atoms with Crippen LogP contribution in [0.15, 0.2) is 42.7 Å². The Morgan fingerprint density at radius 3 is 2.43 bits per heavy atom. The van der Waals surface area contributed by atoms with Crippen LogP contribution in [0, 0.1) is 0 Å². The Morgan fingerprint density at radius 2 is 1.86 bits per heavy atom. The molecule has 1 heterocycles. The van der Waals surface area contributed by atoms with Crippen molar-refractivity contribution in [3.05, 3.63) is 64.4 Å². The summed E-state index contributed by atoms with van der Waals surface area (Å²) in [5, 5.41) is 2.79. The molecule has 3 nitrogen and oxygen atoms in total. The number of rotatable bonds is 3. The van der Waals surface area contributed by atoms with Crippen LogP contribution >= 0.6 is 11.6 Å². The van der Waals surface area contributed by atoms with Crippen molar-refractivity contribution >= 4 is 17.5 Å². The second-order valence-corrected chi connectivity index (χ2v) is 4.64. The number of hydrogen-bond acceptors (Lipinski definition) is 2. The smallest absolute Gasteiger partial charge is 0.348 e. The molecule has 0 saturated carbocycles. The zero-order valence-electron chi connectivity index (χ0n) is 10.6. The van der Waals surface area contributed by atoms with E-state index in [4.69, 9.17) is 11.6 Å². The van der Waals surface area contributed by atoms with Crippen molar-refractivity contribution in [2.24, 2.45) is 0 Å². The molecule has 0 spiro atoms. The van der Waals surface area contributed by atoms with Gasteiger partial charge in [-0.2, -0.15) is 13.2 Å². The van der Waals surface area contributed by atoms with Crippen LogP contribution in [-0.2, 0) is 12.7 Å². The molecule has 110 valence electrons. The number of aromatic nitrogens is 1. The third kappa shape index (κ3) is 3.95. The lowest BCUT2D eigenvalue weighted by molar-refractivity contribution is -0.137. The first-order valence-corrected chi connectivity index (χ1v) is 6.29. The number of hydrogen-bond donors (Lipinski definition) is 1. The molecule has 2 aromatic rings. The first-order valence-electron chi connectivity index (χ1n) is 5.92. The maximum atomic E-state index is 12.4. The van der Waals surface area contributed by atoms with Gasteiger partial charge in [0, 0.05) is 18.9 Å². The van der Waals surface area contributed by atoms with Gasteiger partial charge in [-0.1, -0.05) is 23.7 Å². The van der Waals surface area contributed by atoms with E-state index in [1.165, 1.54) is 30.6 Å². The molecule has 0 atom stereocenters. The number of halogens is 4. The quantitative estimate of drug-likeness (QED) is 0.939. The predicted octanol–water partition coefficient (Wildman–Crippen LogP) is 3.68. The maximum Gasteiger partial charge on any atom is 0.416 e. The molecule has 1 aromatic carbocycles. The van der Waals surface area contributed by atoms with Gasteiger partial charge in [0.2, 0.25) is 0 Å². The number of carbonyl (C=O) groups excluding carboxylic acids is 1. The summed E-state index contributed by atoms with van der Waals surface area (Å²) in [6.07, 6.45) is -1.60. The molecule has 0 aliphatic heterocycles. The Labute approximate surface area is 123 Å². The number of carbonyl (C=O) groups is 1. The molecule has 0 fully saturated rings. The lowest BCUT2D eigenvalue weighted by Crippen LogP contribution is -2.23. The number of pyridine rings is 1. The average molecular weight is 315 g/mol. The van der Waals surface area contributed by atoms with Gasteiger partial charge in [-0.25, -0.2) is 0 Å². The summed E-state index contributed by atoms with van der Waals surface area (Å²) in [6.45, 7) is 0.107. The van der Waals surface area contributed by atoms with Gasteiger partial charge < -0.3 is 5.32 Å². The number of benzene rings is 1. The highest BCUT2D eigenvalue weighted by Crippen LogP contribution is 2.29. The summed E-state index contributed by atoms with van der Waals surface area (Å²) in [5.41, 5.74) is 0.0925. The minimum Gasteiger partial charge on any atom is -0.348 e. The first kappa shape index (κ1) is 15.3. The molecule has 21 heavy (non-hydrogen) atoms. The summed E-state index contributed by atoms with van der Waals surface area (Å²) in [7, 11) is 0. The van der Waals surface area contributed by atoms with Crippen molar-refractivity contribution < 1.29 is 18.0 Å². The van der Waals surface area contributed by atoms with Crippen molar-refractivity contribution in [2.75, 3.05) is 0 Å². The van der Waals surface area contributed by atoms with E-state index in [2.05, 4.69) is 10.3 Å². The van der Waals surface area contributed by atoms with Gasteiger partial charge in [0.1, 0.15) is 0 Å². The number of alkyl halides is 3. The van der Waals surface area contributed by atoms with Crippen LogP contribution in [0.1, 0.15) is 21.5 Å². The first-order chi connectivity index (χ1) is 9.88. The fraction of sp³-hybridized carbons (Fsp3) is 0.143. The highest BCUT2D eigenvalue weighted by molar-refractivity contribution is 6.33. The van der Waals surface area contributed by atoms with Crippen LogP contribution in [0.2, 0.25) is 5.02 Å². The summed E-state index contributed by atoms with van der Waals surface area (Å²) in [6, 6.07) is 6.04. The Balaban J connectivity index is 2.00. The fourth-order valence-corrected chi connectivity index (χ4v) is 1.85. The topological polar surface area (TPSA) is 42.0 Å². The second kappa shape index (κ2) is 6.13. The van der Waals surface area contributed by atoms with E-state index >= 15 is 0 Å². The van der Waals surface area contributed by atoms with E-state index in [1.807, 2.05) is 0 Å². The monoisotopic (exact) mass is 314 g/mol. The number of amides is 1. The van der Waals surface area contributed by atoms with E-state index < -0.39 is 17.6 Å². The second-order valence-electron chi connectivity index (χ2n) is 4.23. The van der Waals surface area contributed by atoms with Crippen molar-refractivity contribution in [1.29, 1.82) is 0 Å². The van der Waals surface area contributed by atoms with Gasteiger partial charge in [-0.3, -0.25) is 9.78 Å². The lowest BCUT2D eigenvalue weighted by atomic mass is 10.1. The highest BCUT2D eigenvalue weighted by Gasteiger charge is 2.29. The lowest BCUT2D eigenvalue weighted by Gasteiger charge is -2.09. The van der Waals surface area contributed by atoms with Gasteiger partial charge in [0.15, 0.2) is 0 Å². The van der Waals surface area contributed by atoms with Gasteiger partial charge in [0.05, 0.1) is 16.1 Å². The van der Waals surface area contributed by atoms with Crippen molar-refractivity contribution in [1.82, 2.24) is 10.3 Å². The minimum atomic E-state index is -4.37. The van der Waals surface area contributed by atoms with Gasteiger partial charge >= 0.3 is 6.18 Å². The van der Waals surface area contributed by atoms with E-state index in [1.54, 1.807) is 0 Å². The largest absolute Gasteiger partial charge is 0.416 e. The Kier molecular flexibility index (Phi) is 4.47. The third-order valence-corrected chi connectivity index (χ3v) is 3.05. The average Bonchev–Trinajstić information content (AvgIpc) is 2.45. The summed E-state index contributed by atoms with van der Waals surface area (Å²) >= 11 is 5.82. The van der Waals surface area contributed by atoms with E-state index in [0.29, 0.717) is 5.56 Å². The van der Waals surface area contributed by atoms with Gasteiger partial charge in [-0.05, 0) is 23.8 Å². The molecule has 2 rings (SSSR count). The van der Waals surface area contributed by atoms with Crippen LogP contribution in [0.5, 0.6) is 0 Å². The Morgan fingerprint density at radius 1 is 1.19 bits per heavy atom. The molecule has 0 radical (unpaired) electrons. The van der Waals surface area contributed by atoms with Gasteiger partial charge in [-0.15, -0.1) is 0 Å². The highest BCUT2D eigenvalue weighted by atomic mass is 35.5. The van der Waals surface area contributed by atoms with E-state index in [9.17, 15) is 18.0 Å². The molecule has 0 aliphatic rings. The van der Waals surface area contributed by atoms with Gasteiger partial charge in [0.25, 0.3) is 5.91 Å². The Hall–Kier alpha value is -2.08. The fourth-order valence-electron chi connectivity index (χ4n) is 1.65. The molecule has 0 aliphatic carbocycles. The molecule has 7 heteroatoms. The van der Waals surface area contributed by atoms with Crippen molar-refractivity contribution in [3.63, 3.8) is 0 Å². The normalized spacial score (nSPS) is 11.2. The molecule has 1 N–H and O–H groups in total. The molecular formula is C14H10ClF3N2O. The molecular weight excluding hydrogens is 305 g/mol. The van der Waals surface area contributed by atoms with Crippen LogP contribution in [-0.4, -0.2) is 10.9 Å². The summed E-state index contributed by atoms with van der Waals surface area (Å²) < 4.78 is 37.2. The van der Waals surface area contributed by atoms with E-state index in [-0.39, 0.29) is 17.1 Å². The van der Waals surface area contributed by atoms with Crippen LogP contribution in [0.3, 0.4) is 0 Å². The van der Waals surface area contributed by atoms with E-state index in [0.717, 1.165) is 12.1 Å². The van der Waals surface area contributed by atoms with Crippen molar-refractivity contribution in [3.8, 4) is 0 Å². The third-order valence-electron chi connectivity index (χ3n) is 2.75. The number of nitrogens with one attached hydrogen (secondary N) is 1. The molecule has 0 saturated heterocycles. The molecule has 1 aromatic heterocycles. The molecule has 0 unspecified atom stereocenters. The SMILES string of the molecule is O=C(NCc1ccc(C(F)(F)F)cc1)c1ccncc1Cl. The molecule has 1 amide bonds. The maximum absolute atomic E-state index is 12.4. The van der Waals surface area contributed by atoms with Crippen LogP contribution in [0.25, 0.3) is 0 Å². The van der Waals surface area contributed by atoms with Crippen molar-refractivity contribution in [2.45, 2.75) is 12.7 Å². The Bertz CT molecular complexity index is 641. The van der Waals surface area contributed by atoms with Crippen LogP contribution in [0.4, 0.5) is 13.2 Å². The summed E-state index contributed by atoms with van der Waals surface area (Å²) in [4.78, 5) is 15.6. The predicted molar refractivity (Wildman–Crippen MR) is 71.9 cm³/mol. The zero-order valence-corrected chi connectivity index (χ0v) is 11.4. The summed E-state index contributed by atoms with van der Waals surface area (Å²) in [5.74, 6) is -0.415. The number of nitrogens with zero attached hydrogens (tertiary/aromatic N) is 1. The van der Waals surface area contributed by atoms with Crippen LogP contribution < -0.4 is 5.32 Å². The zero-order chi connectivity index (χ0) is 15.5. The molecule has 0 bridgehead atoms.